The van der Waals surface area contributed by atoms with Crippen molar-refractivity contribution in [2.75, 3.05) is 0 Å². The van der Waals surface area contributed by atoms with Gasteiger partial charge >= 0.3 is 8.03 Å². The van der Waals surface area contributed by atoms with Gasteiger partial charge in [0, 0.05) is 29.1 Å². The molecule has 0 amide bonds. The second-order valence-electron chi connectivity index (χ2n) is 8.41. The van der Waals surface area contributed by atoms with Gasteiger partial charge in [0.05, 0.1) is 0 Å². The average molecular weight is 332 g/mol. The molecule has 5 atom stereocenters. The number of rotatable bonds is 4. The van der Waals surface area contributed by atoms with E-state index < -0.39 is 13.2 Å². The molecule has 2 rings (SSSR count). The average Bonchev–Trinajstić information content (AvgIpc) is 2.48. The number of hydrogen-bond acceptors (Lipinski definition) is 2. The van der Waals surface area contributed by atoms with E-state index in [2.05, 4.69) is 51.4 Å². The van der Waals surface area contributed by atoms with Crippen molar-refractivity contribution in [3.05, 3.63) is 0 Å². The van der Waals surface area contributed by atoms with E-state index in [4.69, 9.17) is 0 Å². The van der Waals surface area contributed by atoms with Gasteiger partial charge in [-0.2, -0.15) is 0 Å². The minimum absolute atomic E-state index is 0.0243. The molecule has 0 spiro atoms. The molecule has 0 saturated carbocycles. The third-order valence-electron chi connectivity index (χ3n) is 6.35. The predicted molar refractivity (Wildman–Crippen MR) is 93.7 cm³/mol. The van der Waals surface area contributed by atoms with Gasteiger partial charge in [-0.05, 0) is 44.9 Å². The smallest absolute Gasteiger partial charge is 0.328 e. The van der Waals surface area contributed by atoms with Gasteiger partial charge in [0.1, 0.15) is 0 Å². The van der Waals surface area contributed by atoms with Crippen LogP contribution in [0.1, 0.15) is 67.2 Å². The van der Waals surface area contributed by atoms with Gasteiger partial charge in [0.25, 0.3) is 0 Å². The molecular formula is C20H29O2P. The molecule has 3 heteroatoms. The van der Waals surface area contributed by atoms with Gasteiger partial charge in [-0.1, -0.05) is 50.0 Å². The third kappa shape index (κ3) is 3.09. The Morgan fingerprint density at radius 1 is 1.00 bits per heavy atom. The molecule has 126 valence electrons. The summed E-state index contributed by atoms with van der Waals surface area (Å²) in [5.41, 5.74) is -0.352. The molecule has 0 N–H and O–H groups in total. The topological polar surface area (TPSA) is 40.1 Å². The Balaban J connectivity index is 2.35. The van der Waals surface area contributed by atoms with Gasteiger partial charge in [-0.25, -0.2) is 0 Å². The molecule has 0 heterocycles. The van der Waals surface area contributed by atoms with E-state index in [1.807, 2.05) is 13.8 Å². The highest BCUT2D eigenvalue weighted by atomic mass is 31.1. The summed E-state index contributed by atoms with van der Waals surface area (Å²) < 4.78 is 11.8. The molecule has 23 heavy (non-hydrogen) atoms. The molecule has 2 nitrogen and oxygen atoms in total. The fraction of sp³-hybridized carbons (Fsp3) is 0.800. The lowest BCUT2D eigenvalue weighted by Gasteiger charge is -2.45. The van der Waals surface area contributed by atoms with E-state index in [0.717, 1.165) is 19.3 Å². The van der Waals surface area contributed by atoms with E-state index in [1.165, 1.54) is 0 Å². The van der Waals surface area contributed by atoms with Crippen LogP contribution in [-0.2, 0) is 4.57 Å². The Hall–Kier alpha value is -0.820. The van der Waals surface area contributed by atoms with E-state index in [1.54, 1.807) is 0 Å². The largest absolute Gasteiger partial charge is 0.594 e. The van der Waals surface area contributed by atoms with Crippen molar-refractivity contribution in [2.45, 2.75) is 72.4 Å². The lowest BCUT2D eigenvalue weighted by atomic mass is 9.57. The standard InChI is InChI=1S/C20H29O2P/c1-15(2)17-7-9-18(5,10-8-17)19(6)11-13-20(14-12-19,16(3)4)23(21)22/h15-17H,7,9,11,13H2,1-6H3. The maximum Gasteiger partial charge on any atom is 0.328 e. The fourth-order valence-corrected chi connectivity index (χ4v) is 4.61. The van der Waals surface area contributed by atoms with E-state index in [-0.39, 0.29) is 16.7 Å². The summed E-state index contributed by atoms with van der Waals surface area (Å²) in [4.78, 5) is 11.8. The van der Waals surface area contributed by atoms with Crippen LogP contribution in [0.15, 0.2) is 0 Å². The molecule has 0 aliphatic heterocycles. The normalized spacial score (nSPS) is 40.2. The first-order chi connectivity index (χ1) is 10.6. The zero-order valence-corrected chi connectivity index (χ0v) is 16.2. The zero-order valence-electron chi connectivity index (χ0n) is 15.3. The van der Waals surface area contributed by atoms with E-state index >= 15 is 0 Å². The van der Waals surface area contributed by atoms with Crippen LogP contribution in [-0.4, -0.2) is 5.16 Å². The quantitative estimate of drug-likeness (QED) is 0.567. The van der Waals surface area contributed by atoms with Gasteiger partial charge < -0.3 is 4.89 Å². The fourth-order valence-electron chi connectivity index (χ4n) is 3.75. The molecule has 0 aromatic heterocycles. The molecule has 0 radical (unpaired) electrons. The third-order valence-corrected chi connectivity index (χ3v) is 7.86. The first-order valence-corrected chi connectivity index (χ1v) is 9.96. The first-order valence-electron chi connectivity index (χ1n) is 8.78. The SMILES string of the molecule is CC(C)C1C#CC(C)(C2(C)C#CC(C(C)C)([P+](=O)[O-])CC2)CC1. The van der Waals surface area contributed by atoms with Crippen molar-refractivity contribution in [2.24, 2.45) is 28.6 Å². The molecule has 0 bridgehead atoms. The Bertz CT molecular complexity index is 615. The van der Waals surface area contributed by atoms with Crippen LogP contribution in [0.4, 0.5) is 0 Å². The Labute approximate surface area is 142 Å². The van der Waals surface area contributed by atoms with Crippen molar-refractivity contribution in [3.8, 4) is 23.7 Å². The van der Waals surface area contributed by atoms with Crippen molar-refractivity contribution < 1.29 is 9.46 Å². The highest BCUT2D eigenvalue weighted by molar-refractivity contribution is 7.39. The van der Waals surface area contributed by atoms with Crippen LogP contribution < -0.4 is 4.89 Å². The van der Waals surface area contributed by atoms with Crippen LogP contribution in [0, 0.1) is 52.3 Å². The Morgan fingerprint density at radius 3 is 1.96 bits per heavy atom. The van der Waals surface area contributed by atoms with Crippen molar-refractivity contribution in [1.29, 1.82) is 0 Å². The van der Waals surface area contributed by atoms with Crippen molar-refractivity contribution >= 4 is 8.03 Å². The Kier molecular flexibility index (Phi) is 5.02. The summed E-state index contributed by atoms with van der Waals surface area (Å²) in [7, 11) is -2.54. The maximum atomic E-state index is 11.8. The van der Waals surface area contributed by atoms with Gasteiger partial charge in [0.2, 0.25) is 5.16 Å². The molecule has 0 saturated heterocycles. The van der Waals surface area contributed by atoms with Crippen LogP contribution in [0.3, 0.4) is 0 Å². The molecule has 0 aromatic carbocycles. The molecule has 5 unspecified atom stereocenters. The van der Waals surface area contributed by atoms with Crippen LogP contribution in [0.2, 0.25) is 0 Å². The summed E-state index contributed by atoms with van der Waals surface area (Å²) in [6, 6.07) is 0. The van der Waals surface area contributed by atoms with Crippen LogP contribution in [0.25, 0.3) is 0 Å². The van der Waals surface area contributed by atoms with Gasteiger partial charge in [0.15, 0.2) is 0 Å². The number of hydrogen-bond donors (Lipinski definition) is 0. The predicted octanol–water partition coefficient (Wildman–Crippen LogP) is 4.36. The Morgan fingerprint density at radius 2 is 1.61 bits per heavy atom. The first kappa shape index (κ1) is 18.5. The summed E-state index contributed by atoms with van der Waals surface area (Å²) in [6.45, 7) is 12.8. The van der Waals surface area contributed by atoms with Crippen molar-refractivity contribution in [1.82, 2.24) is 0 Å². The highest BCUT2D eigenvalue weighted by Gasteiger charge is 2.53. The molecule has 0 fully saturated rings. The molecule has 2 aliphatic carbocycles. The summed E-state index contributed by atoms with van der Waals surface area (Å²) in [6.07, 6.45) is 3.59. The highest BCUT2D eigenvalue weighted by Crippen LogP contribution is 2.54. The monoisotopic (exact) mass is 332 g/mol. The lowest BCUT2D eigenvalue weighted by Crippen LogP contribution is -2.44. The second-order valence-corrected chi connectivity index (χ2v) is 9.72. The second kappa shape index (κ2) is 6.24. The summed E-state index contributed by atoms with van der Waals surface area (Å²) in [5.74, 6) is 14.6. The molecule has 0 aromatic rings. The van der Waals surface area contributed by atoms with Gasteiger partial charge in [-0.3, -0.25) is 0 Å². The van der Waals surface area contributed by atoms with E-state index in [0.29, 0.717) is 18.3 Å². The maximum absolute atomic E-state index is 11.8. The minimum atomic E-state index is -2.54. The lowest BCUT2D eigenvalue weighted by molar-refractivity contribution is -0.169. The van der Waals surface area contributed by atoms with Gasteiger partial charge in [-0.15, -0.1) is 0 Å². The zero-order chi connectivity index (χ0) is 17.5. The minimum Gasteiger partial charge on any atom is -0.594 e. The van der Waals surface area contributed by atoms with Crippen molar-refractivity contribution in [3.63, 3.8) is 0 Å². The summed E-state index contributed by atoms with van der Waals surface area (Å²) in [5, 5.41) is -0.853. The summed E-state index contributed by atoms with van der Waals surface area (Å²) >= 11 is 0. The molecule has 2 aliphatic rings. The van der Waals surface area contributed by atoms with Crippen LogP contribution in [0.5, 0.6) is 0 Å². The molecular weight excluding hydrogens is 303 g/mol. The van der Waals surface area contributed by atoms with Crippen LogP contribution >= 0.6 is 8.03 Å². The van der Waals surface area contributed by atoms with E-state index in [9.17, 15) is 9.46 Å².